The lowest BCUT2D eigenvalue weighted by molar-refractivity contribution is -0.116. The van der Waals surface area contributed by atoms with Gasteiger partial charge in [0.15, 0.2) is 0 Å². The van der Waals surface area contributed by atoms with Crippen LogP contribution in [0, 0.1) is 0 Å². The fourth-order valence-electron chi connectivity index (χ4n) is 1.41. The lowest BCUT2D eigenvalue weighted by Crippen LogP contribution is -1.99. The summed E-state index contributed by atoms with van der Waals surface area (Å²) in [4.78, 5) is 11.0. The fourth-order valence-corrected chi connectivity index (χ4v) is 1.41. The molecule has 0 radical (unpaired) electrons. The maximum Gasteiger partial charge on any atom is 0.134 e. The Balaban J connectivity index is 3.15. The molecule has 0 spiro atoms. The van der Waals surface area contributed by atoms with E-state index in [1.807, 2.05) is 6.92 Å². The third-order valence-corrected chi connectivity index (χ3v) is 1.99. The summed E-state index contributed by atoms with van der Waals surface area (Å²) in [5.74, 6) is 0.268. The standard InChI is InChI=1S/C12H14O2/c1-8(2)12-5-4-11(14)7-10(12)6-9(3)13/h4-5,7,14H,1,6H2,2-3H3. The molecule has 0 atom stereocenters. The number of phenolic OH excluding ortho intramolecular Hbond substituents is 1. The Bertz CT molecular complexity index is 378. The molecule has 0 bridgehead atoms. The molecule has 2 heteroatoms. The van der Waals surface area contributed by atoms with Crippen LogP contribution in [0.15, 0.2) is 24.8 Å². The van der Waals surface area contributed by atoms with Gasteiger partial charge in [0.25, 0.3) is 0 Å². The molecule has 0 aromatic heterocycles. The molecule has 0 saturated carbocycles. The maximum atomic E-state index is 11.0. The van der Waals surface area contributed by atoms with Crippen LogP contribution in [-0.4, -0.2) is 10.9 Å². The van der Waals surface area contributed by atoms with E-state index in [4.69, 9.17) is 0 Å². The number of carbonyl (C=O) groups is 1. The summed E-state index contributed by atoms with van der Waals surface area (Å²) < 4.78 is 0. The van der Waals surface area contributed by atoms with Gasteiger partial charge in [-0.1, -0.05) is 18.2 Å². The fraction of sp³-hybridized carbons (Fsp3) is 0.250. The van der Waals surface area contributed by atoms with Crippen molar-refractivity contribution in [3.05, 3.63) is 35.9 Å². The molecule has 2 nitrogen and oxygen atoms in total. The first-order valence-corrected chi connectivity index (χ1v) is 4.48. The molecule has 1 aromatic carbocycles. The van der Waals surface area contributed by atoms with Gasteiger partial charge in [-0.2, -0.15) is 0 Å². The zero-order chi connectivity index (χ0) is 10.7. The van der Waals surface area contributed by atoms with Crippen LogP contribution in [0.1, 0.15) is 25.0 Å². The Morgan fingerprint density at radius 2 is 2.07 bits per heavy atom. The van der Waals surface area contributed by atoms with Crippen molar-refractivity contribution >= 4 is 11.4 Å². The molecule has 0 aliphatic rings. The Morgan fingerprint density at radius 1 is 1.43 bits per heavy atom. The number of allylic oxidation sites excluding steroid dienone is 1. The molecule has 1 rings (SSSR count). The molecule has 74 valence electrons. The summed E-state index contributed by atoms with van der Waals surface area (Å²) in [7, 11) is 0. The van der Waals surface area contributed by atoms with E-state index in [-0.39, 0.29) is 11.5 Å². The summed E-state index contributed by atoms with van der Waals surface area (Å²) >= 11 is 0. The van der Waals surface area contributed by atoms with Crippen molar-refractivity contribution < 1.29 is 9.90 Å². The SMILES string of the molecule is C=C(C)c1ccc(O)cc1CC(C)=O. The second-order valence-electron chi connectivity index (χ2n) is 3.50. The lowest BCUT2D eigenvalue weighted by Gasteiger charge is -2.08. The van der Waals surface area contributed by atoms with Gasteiger partial charge < -0.3 is 5.11 Å². The number of aromatic hydroxyl groups is 1. The highest BCUT2D eigenvalue weighted by molar-refractivity contribution is 5.80. The first-order valence-electron chi connectivity index (χ1n) is 4.48. The third kappa shape index (κ3) is 2.46. The maximum absolute atomic E-state index is 11.0. The summed E-state index contributed by atoms with van der Waals surface area (Å²) in [6, 6.07) is 5.01. The van der Waals surface area contributed by atoms with Crippen molar-refractivity contribution in [2.75, 3.05) is 0 Å². The van der Waals surface area contributed by atoms with Crippen LogP contribution in [0.2, 0.25) is 0 Å². The zero-order valence-corrected chi connectivity index (χ0v) is 8.50. The van der Waals surface area contributed by atoms with Gasteiger partial charge in [0, 0.05) is 6.42 Å². The van der Waals surface area contributed by atoms with E-state index < -0.39 is 0 Å². The van der Waals surface area contributed by atoms with E-state index in [2.05, 4.69) is 6.58 Å². The molecular formula is C12H14O2. The molecule has 0 fully saturated rings. The first-order chi connectivity index (χ1) is 6.50. The molecule has 14 heavy (non-hydrogen) atoms. The topological polar surface area (TPSA) is 37.3 Å². The van der Waals surface area contributed by atoms with Crippen LogP contribution < -0.4 is 0 Å². The van der Waals surface area contributed by atoms with Crippen LogP contribution in [0.4, 0.5) is 0 Å². The third-order valence-electron chi connectivity index (χ3n) is 1.99. The molecule has 0 unspecified atom stereocenters. The number of carbonyl (C=O) groups excluding carboxylic acids is 1. The highest BCUT2D eigenvalue weighted by Crippen LogP contribution is 2.22. The Hall–Kier alpha value is -1.57. The smallest absolute Gasteiger partial charge is 0.134 e. The van der Waals surface area contributed by atoms with Crippen LogP contribution in [0.5, 0.6) is 5.75 Å². The van der Waals surface area contributed by atoms with Gasteiger partial charge in [-0.25, -0.2) is 0 Å². The molecule has 0 aliphatic heterocycles. The predicted molar refractivity (Wildman–Crippen MR) is 57.2 cm³/mol. The summed E-state index contributed by atoms with van der Waals surface area (Å²) in [6.45, 7) is 7.25. The van der Waals surface area contributed by atoms with Crippen LogP contribution in [-0.2, 0) is 11.2 Å². The monoisotopic (exact) mass is 190 g/mol. The zero-order valence-electron chi connectivity index (χ0n) is 8.50. The van der Waals surface area contributed by atoms with E-state index >= 15 is 0 Å². The largest absolute Gasteiger partial charge is 0.508 e. The van der Waals surface area contributed by atoms with E-state index in [1.54, 1.807) is 18.2 Å². The second-order valence-corrected chi connectivity index (χ2v) is 3.50. The van der Waals surface area contributed by atoms with E-state index in [0.717, 1.165) is 16.7 Å². The molecule has 0 heterocycles. The van der Waals surface area contributed by atoms with E-state index in [0.29, 0.717) is 6.42 Å². The van der Waals surface area contributed by atoms with Crippen molar-refractivity contribution in [1.29, 1.82) is 0 Å². The highest BCUT2D eigenvalue weighted by Gasteiger charge is 2.06. The summed E-state index contributed by atoms with van der Waals surface area (Å²) in [5, 5.41) is 9.29. The van der Waals surface area contributed by atoms with Gasteiger partial charge in [-0.05, 0) is 37.1 Å². The number of ketones is 1. The summed E-state index contributed by atoms with van der Waals surface area (Å²) in [5.41, 5.74) is 2.68. The van der Waals surface area contributed by atoms with E-state index in [1.165, 1.54) is 6.92 Å². The Labute approximate surface area is 83.9 Å². The number of benzene rings is 1. The number of hydrogen-bond donors (Lipinski definition) is 1. The van der Waals surface area contributed by atoms with Crippen LogP contribution >= 0.6 is 0 Å². The van der Waals surface area contributed by atoms with Crippen LogP contribution in [0.3, 0.4) is 0 Å². The minimum Gasteiger partial charge on any atom is -0.508 e. The molecular weight excluding hydrogens is 176 g/mol. The van der Waals surface area contributed by atoms with Gasteiger partial charge in [0.1, 0.15) is 11.5 Å². The van der Waals surface area contributed by atoms with Crippen molar-refractivity contribution in [2.45, 2.75) is 20.3 Å². The molecule has 0 amide bonds. The van der Waals surface area contributed by atoms with Gasteiger partial charge in [0.05, 0.1) is 0 Å². The molecule has 1 aromatic rings. The van der Waals surface area contributed by atoms with Gasteiger partial charge in [-0.15, -0.1) is 0 Å². The predicted octanol–water partition coefficient (Wildman–Crippen LogP) is 2.56. The second kappa shape index (κ2) is 4.09. The lowest BCUT2D eigenvalue weighted by atomic mass is 9.98. The van der Waals surface area contributed by atoms with Crippen molar-refractivity contribution in [3.63, 3.8) is 0 Å². The Morgan fingerprint density at radius 3 is 2.57 bits per heavy atom. The molecule has 0 saturated heterocycles. The van der Waals surface area contributed by atoms with Gasteiger partial charge >= 0.3 is 0 Å². The minimum atomic E-state index is 0.0816. The van der Waals surface area contributed by atoms with Crippen LogP contribution in [0.25, 0.3) is 5.57 Å². The van der Waals surface area contributed by atoms with Gasteiger partial charge in [0.2, 0.25) is 0 Å². The highest BCUT2D eigenvalue weighted by atomic mass is 16.3. The number of phenols is 1. The van der Waals surface area contributed by atoms with E-state index in [9.17, 15) is 9.90 Å². The summed E-state index contributed by atoms with van der Waals surface area (Å²) in [6.07, 6.45) is 0.344. The average molecular weight is 190 g/mol. The number of Topliss-reactive ketones (excluding diaryl/α,β-unsaturated/α-hetero) is 1. The quantitative estimate of drug-likeness (QED) is 0.795. The van der Waals surface area contributed by atoms with Crippen molar-refractivity contribution in [1.82, 2.24) is 0 Å². The molecule has 0 aliphatic carbocycles. The number of hydrogen-bond acceptors (Lipinski definition) is 2. The molecule has 1 N–H and O–H groups in total. The minimum absolute atomic E-state index is 0.0816. The van der Waals surface area contributed by atoms with Gasteiger partial charge in [-0.3, -0.25) is 4.79 Å². The average Bonchev–Trinajstić information content (AvgIpc) is 2.01. The van der Waals surface area contributed by atoms with Crippen molar-refractivity contribution in [3.8, 4) is 5.75 Å². The number of rotatable bonds is 3. The van der Waals surface area contributed by atoms with Crippen molar-refractivity contribution in [2.24, 2.45) is 0 Å². The normalized spacial score (nSPS) is 9.86. The Kier molecular flexibility index (Phi) is 3.07. The first kappa shape index (κ1) is 10.5.